The van der Waals surface area contributed by atoms with Crippen molar-refractivity contribution in [2.75, 3.05) is 6.54 Å². The number of carbonyl (C=O) groups excluding carboxylic acids is 1. The molecule has 0 aliphatic heterocycles. The Morgan fingerprint density at radius 3 is 2.83 bits per heavy atom. The minimum Gasteiger partial charge on any atom is -0.350 e. The van der Waals surface area contributed by atoms with Crippen LogP contribution in [-0.4, -0.2) is 22.2 Å². The lowest BCUT2D eigenvalue weighted by Gasteiger charge is -2.26. The van der Waals surface area contributed by atoms with Crippen molar-refractivity contribution in [3.8, 4) is 0 Å². The van der Waals surface area contributed by atoms with Crippen LogP contribution in [0, 0.1) is 11.8 Å². The molecule has 0 spiro atoms. The van der Waals surface area contributed by atoms with E-state index in [4.69, 9.17) is 0 Å². The summed E-state index contributed by atoms with van der Waals surface area (Å²) in [5, 5.41) is 7.16. The molecule has 0 bridgehead atoms. The normalized spacial score (nSPS) is 23.9. The second kappa shape index (κ2) is 6.03. The maximum Gasteiger partial charge on any atom is 0.269 e. The van der Waals surface area contributed by atoms with Crippen molar-refractivity contribution in [3.05, 3.63) is 18.0 Å². The van der Waals surface area contributed by atoms with Gasteiger partial charge in [-0.25, -0.2) is 0 Å². The molecule has 1 amide bonds. The van der Waals surface area contributed by atoms with Gasteiger partial charge in [-0.15, -0.1) is 0 Å². The lowest BCUT2D eigenvalue weighted by atomic mass is 9.83. The number of amides is 1. The molecule has 1 N–H and O–H groups in total. The summed E-state index contributed by atoms with van der Waals surface area (Å²) in [6, 6.07) is 1.78. The van der Waals surface area contributed by atoms with E-state index in [0.717, 1.165) is 19.0 Å². The quantitative estimate of drug-likeness (QED) is 0.891. The van der Waals surface area contributed by atoms with Gasteiger partial charge in [0.05, 0.1) is 0 Å². The maximum absolute atomic E-state index is 12.0. The average Bonchev–Trinajstić information content (AvgIpc) is 2.86. The highest BCUT2D eigenvalue weighted by atomic mass is 16.2. The summed E-state index contributed by atoms with van der Waals surface area (Å²) >= 11 is 0. The van der Waals surface area contributed by atoms with E-state index in [1.807, 2.05) is 6.92 Å². The highest BCUT2D eigenvalue weighted by Crippen LogP contribution is 2.27. The molecular weight excluding hydrogens is 226 g/mol. The lowest BCUT2D eigenvalue weighted by Crippen LogP contribution is -2.32. The number of hydrogen-bond acceptors (Lipinski definition) is 2. The predicted molar refractivity (Wildman–Crippen MR) is 71.4 cm³/mol. The van der Waals surface area contributed by atoms with Gasteiger partial charge in [0, 0.05) is 19.3 Å². The third-order valence-corrected chi connectivity index (χ3v) is 3.94. The Morgan fingerprint density at radius 2 is 2.17 bits per heavy atom. The van der Waals surface area contributed by atoms with Crippen molar-refractivity contribution < 1.29 is 4.79 Å². The van der Waals surface area contributed by atoms with Gasteiger partial charge in [-0.2, -0.15) is 5.10 Å². The Hall–Kier alpha value is -1.32. The van der Waals surface area contributed by atoms with E-state index in [9.17, 15) is 4.79 Å². The van der Waals surface area contributed by atoms with Crippen molar-refractivity contribution in [3.63, 3.8) is 0 Å². The van der Waals surface area contributed by atoms with Crippen LogP contribution < -0.4 is 5.32 Å². The summed E-state index contributed by atoms with van der Waals surface area (Å²) in [4.78, 5) is 12.0. The van der Waals surface area contributed by atoms with Gasteiger partial charge in [0.15, 0.2) is 0 Å². The van der Waals surface area contributed by atoms with Crippen LogP contribution in [0.15, 0.2) is 12.3 Å². The van der Waals surface area contributed by atoms with Crippen LogP contribution in [0.1, 0.15) is 50.0 Å². The zero-order valence-corrected chi connectivity index (χ0v) is 11.4. The first-order chi connectivity index (χ1) is 8.70. The van der Waals surface area contributed by atoms with E-state index < -0.39 is 0 Å². The highest BCUT2D eigenvalue weighted by molar-refractivity contribution is 5.92. The minimum atomic E-state index is 0.00738. The number of nitrogens with one attached hydrogen (secondary N) is 1. The minimum absolute atomic E-state index is 0.00738. The van der Waals surface area contributed by atoms with Gasteiger partial charge >= 0.3 is 0 Å². The lowest BCUT2D eigenvalue weighted by molar-refractivity contribution is 0.0931. The van der Waals surface area contributed by atoms with Crippen molar-refractivity contribution in [2.45, 2.75) is 46.1 Å². The molecule has 1 aromatic heterocycles. The Labute approximate surface area is 109 Å². The van der Waals surface area contributed by atoms with Gasteiger partial charge in [-0.05, 0) is 37.7 Å². The van der Waals surface area contributed by atoms with Crippen LogP contribution in [0.3, 0.4) is 0 Å². The van der Waals surface area contributed by atoms with Crippen molar-refractivity contribution in [1.29, 1.82) is 0 Å². The maximum atomic E-state index is 12.0. The SMILES string of the molecule is CCn1nccc1C(=O)NCC1CCC(C)CC1. The number of rotatable bonds is 4. The summed E-state index contributed by atoms with van der Waals surface area (Å²) in [5.74, 6) is 1.52. The van der Waals surface area contributed by atoms with Crippen LogP contribution in [0.4, 0.5) is 0 Å². The van der Waals surface area contributed by atoms with E-state index in [1.165, 1.54) is 25.7 Å². The number of aryl methyl sites for hydroxylation is 1. The highest BCUT2D eigenvalue weighted by Gasteiger charge is 2.19. The molecule has 18 heavy (non-hydrogen) atoms. The molecule has 1 aromatic rings. The van der Waals surface area contributed by atoms with Crippen LogP contribution in [0.2, 0.25) is 0 Å². The number of aromatic nitrogens is 2. The predicted octanol–water partition coefficient (Wildman–Crippen LogP) is 2.46. The largest absolute Gasteiger partial charge is 0.350 e. The van der Waals surface area contributed by atoms with Gasteiger partial charge in [0.1, 0.15) is 5.69 Å². The third-order valence-electron chi connectivity index (χ3n) is 3.94. The molecule has 100 valence electrons. The average molecular weight is 249 g/mol. The standard InChI is InChI=1S/C14H23N3O/c1-3-17-13(8-9-16-17)14(18)15-10-12-6-4-11(2)5-7-12/h8-9,11-12H,3-7,10H2,1-2H3,(H,15,18). The number of nitrogens with zero attached hydrogens (tertiary/aromatic N) is 2. The first-order valence-corrected chi connectivity index (χ1v) is 7.00. The smallest absolute Gasteiger partial charge is 0.269 e. The molecular formula is C14H23N3O. The number of carbonyl (C=O) groups is 1. The summed E-state index contributed by atoms with van der Waals surface area (Å²) in [6.45, 7) is 5.85. The van der Waals surface area contributed by atoms with E-state index in [0.29, 0.717) is 11.6 Å². The van der Waals surface area contributed by atoms with Crippen LogP contribution >= 0.6 is 0 Å². The molecule has 1 heterocycles. The Kier molecular flexibility index (Phi) is 4.39. The van der Waals surface area contributed by atoms with Crippen molar-refractivity contribution >= 4 is 5.91 Å². The van der Waals surface area contributed by atoms with Gasteiger partial charge in [-0.3, -0.25) is 9.48 Å². The van der Waals surface area contributed by atoms with E-state index in [-0.39, 0.29) is 5.91 Å². The third kappa shape index (κ3) is 3.12. The molecule has 1 saturated carbocycles. The molecule has 0 radical (unpaired) electrons. The number of hydrogen-bond donors (Lipinski definition) is 1. The van der Waals surface area contributed by atoms with Crippen molar-refractivity contribution in [1.82, 2.24) is 15.1 Å². The van der Waals surface area contributed by atoms with Gasteiger partial charge < -0.3 is 5.32 Å². The Morgan fingerprint density at radius 1 is 1.44 bits per heavy atom. The second-order valence-electron chi connectivity index (χ2n) is 5.37. The summed E-state index contributed by atoms with van der Waals surface area (Å²) in [7, 11) is 0. The molecule has 4 heteroatoms. The topological polar surface area (TPSA) is 46.9 Å². The molecule has 1 aliphatic rings. The molecule has 0 aromatic carbocycles. The van der Waals surface area contributed by atoms with Gasteiger partial charge in [-0.1, -0.05) is 19.8 Å². The van der Waals surface area contributed by atoms with Gasteiger partial charge in [0.2, 0.25) is 0 Å². The molecule has 2 rings (SSSR count). The Bertz CT molecular complexity index is 391. The molecule has 0 atom stereocenters. The zero-order valence-electron chi connectivity index (χ0n) is 11.4. The monoisotopic (exact) mass is 249 g/mol. The van der Waals surface area contributed by atoms with E-state index in [2.05, 4.69) is 17.3 Å². The summed E-state index contributed by atoms with van der Waals surface area (Å²) < 4.78 is 1.73. The first-order valence-electron chi connectivity index (χ1n) is 7.00. The molecule has 1 aliphatic carbocycles. The van der Waals surface area contributed by atoms with Crippen molar-refractivity contribution in [2.24, 2.45) is 11.8 Å². The summed E-state index contributed by atoms with van der Waals surface area (Å²) in [6.07, 6.45) is 6.77. The molecule has 4 nitrogen and oxygen atoms in total. The Balaban J connectivity index is 1.81. The van der Waals surface area contributed by atoms with Crippen LogP contribution in [0.25, 0.3) is 0 Å². The summed E-state index contributed by atoms with van der Waals surface area (Å²) in [5.41, 5.74) is 0.668. The first kappa shape index (κ1) is 13.1. The molecule has 1 fully saturated rings. The van der Waals surface area contributed by atoms with Crippen LogP contribution in [0.5, 0.6) is 0 Å². The fourth-order valence-electron chi connectivity index (χ4n) is 2.64. The fraction of sp³-hybridized carbons (Fsp3) is 0.714. The van der Waals surface area contributed by atoms with Crippen LogP contribution in [-0.2, 0) is 6.54 Å². The van der Waals surface area contributed by atoms with E-state index >= 15 is 0 Å². The second-order valence-corrected chi connectivity index (χ2v) is 5.37. The zero-order chi connectivity index (χ0) is 13.0. The molecule has 0 unspecified atom stereocenters. The molecule has 0 saturated heterocycles. The van der Waals surface area contributed by atoms with Gasteiger partial charge in [0.25, 0.3) is 5.91 Å². The van der Waals surface area contributed by atoms with E-state index in [1.54, 1.807) is 16.9 Å². The fourth-order valence-corrected chi connectivity index (χ4v) is 2.64.